The zero-order valence-electron chi connectivity index (χ0n) is 16.0. The highest BCUT2D eigenvalue weighted by Gasteiger charge is 2.25. The average Bonchev–Trinajstić information content (AvgIpc) is 3.22. The Labute approximate surface area is 161 Å². The number of piperazine rings is 1. The van der Waals surface area contributed by atoms with Crippen LogP contribution in [0.2, 0.25) is 0 Å². The number of benzene rings is 2. The van der Waals surface area contributed by atoms with Gasteiger partial charge in [-0.1, -0.05) is 42.5 Å². The molecule has 2 aliphatic rings. The van der Waals surface area contributed by atoms with Crippen molar-refractivity contribution in [1.29, 1.82) is 0 Å². The van der Waals surface area contributed by atoms with Gasteiger partial charge in [-0.25, -0.2) is 0 Å². The van der Waals surface area contributed by atoms with Gasteiger partial charge in [0.1, 0.15) is 32.7 Å². The van der Waals surface area contributed by atoms with Crippen molar-refractivity contribution in [3.8, 4) is 0 Å². The molecule has 0 radical (unpaired) electrons. The molecule has 2 aromatic carbocycles. The second kappa shape index (κ2) is 8.83. The van der Waals surface area contributed by atoms with Gasteiger partial charge in [0, 0.05) is 18.7 Å². The van der Waals surface area contributed by atoms with Gasteiger partial charge in [0.25, 0.3) is 5.91 Å². The van der Waals surface area contributed by atoms with Crippen molar-refractivity contribution >= 4 is 16.7 Å². The van der Waals surface area contributed by atoms with Crippen LogP contribution in [0.3, 0.4) is 0 Å². The first-order valence-corrected chi connectivity index (χ1v) is 10.3. The monoisotopic (exact) mass is 369 g/mol. The molecule has 4 rings (SSSR count). The fraction of sp³-hybridized carbons (Fsp3) is 0.500. The Hall–Kier alpha value is -1.95. The maximum atomic E-state index is 12.2. The lowest BCUT2D eigenvalue weighted by Gasteiger charge is -2.29. The molecule has 1 atom stereocenters. The Kier molecular flexibility index (Phi) is 6.02. The highest BCUT2D eigenvalue weighted by atomic mass is 16.5. The summed E-state index contributed by atoms with van der Waals surface area (Å²) in [4.78, 5) is 15.2. The average molecular weight is 370 g/mol. The molecule has 2 fully saturated rings. The normalized spacial score (nSPS) is 25.6. The molecule has 5 heteroatoms. The Morgan fingerprint density at radius 3 is 2.63 bits per heavy atom. The van der Waals surface area contributed by atoms with E-state index in [2.05, 4.69) is 47.8 Å². The number of hydrogen-bond acceptors (Lipinski definition) is 2. The number of hydrogen-bond donors (Lipinski definition) is 3. The molecule has 0 bridgehead atoms. The fourth-order valence-electron chi connectivity index (χ4n) is 4.35. The van der Waals surface area contributed by atoms with E-state index >= 15 is 0 Å². The van der Waals surface area contributed by atoms with Crippen LogP contribution in [0.1, 0.15) is 18.4 Å². The number of fused-ring (bicyclic) bond motifs is 1. The third-order valence-corrected chi connectivity index (χ3v) is 5.95. The van der Waals surface area contributed by atoms with E-state index in [4.69, 9.17) is 4.74 Å². The zero-order chi connectivity index (χ0) is 18.5. The maximum Gasteiger partial charge on any atom is 0.275 e. The van der Waals surface area contributed by atoms with Crippen LogP contribution in [0.25, 0.3) is 10.8 Å². The molecule has 2 aliphatic heterocycles. The predicted molar refractivity (Wildman–Crippen MR) is 106 cm³/mol. The van der Waals surface area contributed by atoms with Gasteiger partial charge in [-0.15, -0.1) is 0 Å². The van der Waals surface area contributed by atoms with E-state index in [1.807, 2.05) is 0 Å². The molecular formula is C22H31N3O2+2. The first-order valence-electron chi connectivity index (χ1n) is 10.3. The number of carbonyl (C=O) groups is 1. The van der Waals surface area contributed by atoms with Crippen LogP contribution in [-0.4, -0.2) is 57.9 Å². The molecule has 5 nitrogen and oxygen atoms in total. The van der Waals surface area contributed by atoms with Crippen LogP contribution in [0.5, 0.6) is 0 Å². The number of quaternary nitrogens is 2. The van der Waals surface area contributed by atoms with Crippen molar-refractivity contribution in [2.24, 2.45) is 0 Å². The van der Waals surface area contributed by atoms with Crippen LogP contribution in [0, 0.1) is 0 Å². The summed E-state index contributed by atoms with van der Waals surface area (Å²) in [6.45, 7) is 7.54. The number of rotatable bonds is 6. The lowest BCUT2D eigenvalue weighted by Crippen LogP contribution is -3.28. The van der Waals surface area contributed by atoms with E-state index in [-0.39, 0.29) is 12.0 Å². The Morgan fingerprint density at radius 1 is 1.04 bits per heavy atom. The molecule has 2 saturated heterocycles. The Bertz CT molecular complexity index is 760. The van der Waals surface area contributed by atoms with Crippen molar-refractivity contribution in [1.82, 2.24) is 5.32 Å². The molecule has 27 heavy (non-hydrogen) atoms. The quantitative estimate of drug-likeness (QED) is 0.638. The molecule has 0 saturated carbocycles. The highest BCUT2D eigenvalue weighted by Crippen LogP contribution is 2.17. The van der Waals surface area contributed by atoms with Crippen molar-refractivity contribution in [3.05, 3.63) is 48.0 Å². The lowest BCUT2D eigenvalue weighted by atomic mass is 10.0. The second-order valence-corrected chi connectivity index (χ2v) is 7.93. The first-order chi connectivity index (χ1) is 13.3. The largest absolute Gasteiger partial charge is 0.376 e. The topological polar surface area (TPSA) is 47.2 Å². The van der Waals surface area contributed by atoms with Crippen LogP contribution in [0.15, 0.2) is 42.5 Å². The fourth-order valence-corrected chi connectivity index (χ4v) is 4.35. The third kappa shape index (κ3) is 4.86. The van der Waals surface area contributed by atoms with Crippen molar-refractivity contribution < 1.29 is 19.3 Å². The van der Waals surface area contributed by atoms with Crippen LogP contribution >= 0.6 is 0 Å². The molecule has 3 N–H and O–H groups in total. The van der Waals surface area contributed by atoms with Gasteiger partial charge in [0.2, 0.25) is 0 Å². The smallest absolute Gasteiger partial charge is 0.275 e. The number of amides is 1. The summed E-state index contributed by atoms with van der Waals surface area (Å²) in [5, 5.41) is 5.74. The van der Waals surface area contributed by atoms with E-state index in [1.165, 1.54) is 21.2 Å². The van der Waals surface area contributed by atoms with E-state index in [0.29, 0.717) is 13.1 Å². The van der Waals surface area contributed by atoms with E-state index < -0.39 is 0 Å². The molecule has 0 unspecified atom stereocenters. The molecular weight excluding hydrogens is 338 g/mol. The Balaban J connectivity index is 1.23. The van der Waals surface area contributed by atoms with Crippen LogP contribution in [-0.2, 0) is 16.1 Å². The van der Waals surface area contributed by atoms with Gasteiger partial charge < -0.3 is 19.9 Å². The summed E-state index contributed by atoms with van der Waals surface area (Å²) in [7, 11) is 0. The zero-order valence-corrected chi connectivity index (χ0v) is 16.0. The third-order valence-electron chi connectivity index (χ3n) is 5.95. The number of nitrogens with one attached hydrogen (secondary N) is 3. The number of ether oxygens (including phenoxy) is 1. The van der Waals surface area contributed by atoms with Crippen molar-refractivity contribution in [2.75, 3.05) is 45.9 Å². The molecule has 1 amide bonds. The van der Waals surface area contributed by atoms with E-state index in [0.717, 1.165) is 52.2 Å². The van der Waals surface area contributed by atoms with Gasteiger partial charge >= 0.3 is 0 Å². The molecule has 0 spiro atoms. The minimum atomic E-state index is 0.165. The summed E-state index contributed by atoms with van der Waals surface area (Å²) in [5.74, 6) is 0.165. The first kappa shape index (κ1) is 18.4. The van der Waals surface area contributed by atoms with Gasteiger partial charge in [-0.3, -0.25) is 4.79 Å². The molecule has 2 aromatic rings. The molecule has 2 heterocycles. The van der Waals surface area contributed by atoms with Crippen LogP contribution < -0.4 is 15.1 Å². The Morgan fingerprint density at radius 2 is 1.81 bits per heavy atom. The van der Waals surface area contributed by atoms with Crippen molar-refractivity contribution in [2.45, 2.75) is 25.5 Å². The van der Waals surface area contributed by atoms with Gasteiger partial charge in [-0.2, -0.15) is 0 Å². The predicted octanol–water partition coefficient (Wildman–Crippen LogP) is -0.582. The van der Waals surface area contributed by atoms with Crippen molar-refractivity contribution in [3.63, 3.8) is 0 Å². The SMILES string of the molecule is O=C(C[NH+]1CC[NH+](Cc2cccc3ccccc23)CC1)NC[C@H]1CCCO1. The maximum absolute atomic E-state index is 12.2. The minimum absolute atomic E-state index is 0.165. The highest BCUT2D eigenvalue weighted by molar-refractivity contribution is 5.85. The summed E-state index contributed by atoms with van der Waals surface area (Å²) in [6.07, 6.45) is 2.42. The summed E-state index contributed by atoms with van der Waals surface area (Å²) in [5.41, 5.74) is 1.43. The van der Waals surface area contributed by atoms with Gasteiger partial charge in [0.05, 0.1) is 6.10 Å². The lowest BCUT2D eigenvalue weighted by molar-refractivity contribution is -1.02. The standard InChI is InChI=1S/C22H29N3O2/c26-22(23-15-20-8-4-14-27-20)17-25-12-10-24(11-13-25)16-19-7-3-6-18-5-1-2-9-21(18)19/h1-3,5-7,9,20H,4,8,10-17H2,(H,23,26)/p+2/t20-/m1/s1. The van der Waals surface area contributed by atoms with Crippen LogP contribution in [0.4, 0.5) is 0 Å². The molecule has 144 valence electrons. The van der Waals surface area contributed by atoms with E-state index in [1.54, 1.807) is 4.90 Å². The molecule has 0 aromatic heterocycles. The van der Waals surface area contributed by atoms with E-state index in [9.17, 15) is 4.79 Å². The summed E-state index contributed by atoms with van der Waals surface area (Å²) in [6, 6.07) is 15.2. The summed E-state index contributed by atoms with van der Waals surface area (Å²) >= 11 is 0. The number of carbonyl (C=O) groups excluding carboxylic acids is 1. The minimum Gasteiger partial charge on any atom is -0.376 e. The van der Waals surface area contributed by atoms with Gasteiger partial charge in [0.15, 0.2) is 6.54 Å². The summed E-state index contributed by atoms with van der Waals surface area (Å²) < 4.78 is 5.57. The molecule has 0 aliphatic carbocycles. The second-order valence-electron chi connectivity index (χ2n) is 7.93. The van der Waals surface area contributed by atoms with Gasteiger partial charge in [-0.05, 0) is 23.6 Å².